The van der Waals surface area contributed by atoms with Crippen LogP contribution in [0.15, 0.2) is 0 Å². The van der Waals surface area contributed by atoms with Gasteiger partial charge < -0.3 is 25.1 Å². The van der Waals surface area contributed by atoms with E-state index < -0.39 is 5.97 Å². The molecule has 0 bridgehead atoms. The normalized spacial score (nSPS) is 19.1. The van der Waals surface area contributed by atoms with Crippen LogP contribution in [0.4, 0.5) is 5.13 Å². The number of methoxy groups -OCH3 is 1. The first kappa shape index (κ1) is 22.8. The Hall–Kier alpha value is -1.86. The summed E-state index contributed by atoms with van der Waals surface area (Å²) in [6, 6.07) is 0. The minimum absolute atomic E-state index is 0.0153. The highest BCUT2D eigenvalue weighted by molar-refractivity contribution is 14.1. The molecule has 0 spiro atoms. The maximum atomic E-state index is 12.6. The molecule has 30 heavy (non-hydrogen) atoms. The summed E-state index contributed by atoms with van der Waals surface area (Å²) in [6.45, 7) is 4.87. The second kappa shape index (κ2) is 9.52. The van der Waals surface area contributed by atoms with Crippen LogP contribution in [0, 0.1) is 22.0 Å². The smallest absolute Gasteiger partial charge is 0.347 e. The lowest BCUT2D eigenvalue weighted by molar-refractivity contribution is 0.0450. The summed E-state index contributed by atoms with van der Waals surface area (Å²) in [4.78, 5) is 37.9. The van der Waals surface area contributed by atoms with E-state index in [-0.39, 0.29) is 34.2 Å². The van der Waals surface area contributed by atoms with Gasteiger partial charge in [0.1, 0.15) is 8.58 Å². The number of hydrogen-bond donors (Lipinski definition) is 3. The van der Waals surface area contributed by atoms with Crippen LogP contribution < -0.4 is 4.90 Å². The number of ketones is 1. The number of Topliss-reactive ketones (excluding diaryl/α,β-unsaturated/α-hetero) is 1. The molecule has 1 unspecified atom stereocenters. The number of anilines is 1. The molecule has 3 heterocycles. The maximum absolute atomic E-state index is 12.6. The van der Waals surface area contributed by atoms with Crippen molar-refractivity contribution in [1.29, 1.82) is 5.41 Å². The van der Waals surface area contributed by atoms with Gasteiger partial charge in [-0.05, 0) is 54.7 Å². The summed E-state index contributed by atoms with van der Waals surface area (Å²) in [5.41, 5.74) is 1.42. The minimum Gasteiger partial charge on any atom is -0.477 e. The van der Waals surface area contributed by atoms with Gasteiger partial charge in [-0.15, -0.1) is 0 Å². The molecule has 3 rings (SSSR count). The van der Waals surface area contributed by atoms with Crippen LogP contribution in [-0.2, 0) is 11.2 Å². The Labute approximate surface area is 191 Å². The third-order valence-electron chi connectivity index (χ3n) is 5.29. The van der Waals surface area contributed by atoms with Crippen LogP contribution in [0.2, 0.25) is 0 Å². The summed E-state index contributed by atoms with van der Waals surface area (Å²) < 4.78 is 6.41. The highest BCUT2D eigenvalue weighted by Crippen LogP contribution is 2.32. The first-order valence-corrected chi connectivity index (χ1v) is 11.5. The number of carbonyl (C=O) groups excluding carboxylic acids is 1. The van der Waals surface area contributed by atoms with Gasteiger partial charge in [-0.25, -0.2) is 14.8 Å². The van der Waals surface area contributed by atoms with E-state index in [1.165, 1.54) is 0 Å². The monoisotopic (exact) mass is 545 g/mol. The second-order valence-corrected chi connectivity index (χ2v) is 9.20. The van der Waals surface area contributed by atoms with Gasteiger partial charge in [0.15, 0.2) is 11.0 Å². The number of ether oxygens (including phenoxy) is 1. The molecular formula is C19H24IN5O4S. The number of aromatic amines is 1. The van der Waals surface area contributed by atoms with Crippen LogP contribution in [-0.4, -0.2) is 63.8 Å². The van der Waals surface area contributed by atoms with Crippen molar-refractivity contribution in [3.8, 4) is 0 Å². The summed E-state index contributed by atoms with van der Waals surface area (Å²) in [6.07, 6.45) is 1.58. The Kier molecular flexibility index (Phi) is 7.24. The molecule has 3 N–H and O–H groups in total. The van der Waals surface area contributed by atoms with Gasteiger partial charge in [0.05, 0.1) is 17.5 Å². The van der Waals surface area contributed by atoms with E-state index in [1.807, 2.05) is 11.8 Å². The highest BCUT2D eigenvalue weighted by Gasteiger charge is 2.33. The van der Waals surface area contributed by atoms with Crippen LogP contribution in [0.25, 0.3) is 0 Å². The lowest BCUT2D eigenvalue weighted by atomic mass is 9.88. The number of piperidine rings is 1. The average Bonchev–Trinajstić information content (AvgIpc) is 3.30. The first-order valence-electron chi connectivity index (χ1n) is 9.60. The number of hydrogen-bond acceptors (Lipinski definition) is 8. The first-order chi connectivity index (χ1) is 14.2. The molecule has 1 fully saturated rings. The molecule has 162 valence electrons. The lowest BCUT2D eigenvalue weighted by Gasteiger charge is -2.37. The van der Waals surface area contributed by atoms with E-state index in [0.717, 1.165) is 27.2 Å². The Morgan fingerprint density at radius 1 is 1.43 bits per heavy atom. The molecule has 2 atom stereocenters. The minimum atomic E-state index is -0.972. The Morgan fingerprint density at radius 2 is 2.17 bits per heavy atom. The molecule has 1 saturated heterocycles. The number of carboxylic acids is 1. The number of H-pyrrole nitrogens is 1. The number of halogens is 1. The zero-order valence-electron chi connectivity index (χ0n) is 17.0. The van der Waals surface area contributed by atoms with E-state index in [1.54, 1.807) is 14.0 Å². The number of nitrogens with zero attached hydrogens (tertiary/aromatic N) is 3. The van der Waals surface area contributed by atoms with Gasteiger partial charge in [-0.2, -0.15) is 0 Å². The highest BCUT2D eigenvalue weighted by atomic mass is 127. The van der Waals surface area contributed by atoms with E-state index in [9.17, 15) is 14.7 Å². The van der Waals surface area contributed by atoms with Gasteiger partial charge >= 0.3 is 5.97 Å². The fraction of sp³-hybridized carbons (Fsp3) is 0.526. The number of aromatic nitrogens is 3. The topological polar surface area (TPSA) is 132 Å². The van der Waals surface area contributed by atoms with Crippen molar-refractivity contribution < 1.29 is 19.4 Å². The van der Waals surface area contributed by atoms with E-state index in [2.05, 4.69) is 37.5 Å². The van der Waals surface area contributed by atoms with Crippen molar-refractivity contribution in [2.45, 2.75) is 39.2 Å². The third-order valence-corrected chi connectivity index (χ3v) is 7.38. The van der Waals surface area contributed by atoms with Crippen molar-refractivity contribution in [3.63, 3.8) is 0 Å². The summed E-state index contributed by atoms with van der Waals surface area (Å²) in [7, 11) is 1.62. The molecule has 9 nitrogen and oxygen atoms in total. The fourth-order valence-corrected chi connectivity index (χ4v) is 5.28. The van der Waals surface area contributed by atoms with Crippen molar-refractivity contribution in [3.05, 3.63) is 25.8 Å². The molecule has 11 heteroatoms. The number of carboxylic acid groups (broad SMARTS) is 1. The van der Waals surface area contributed by atoms with Crippen molar-refractivity contribution in [1.82, 2.24) is 15.0 Å². The average molecular weight is 545 g/mol. The SMILES string of the molecule is CCc1[nH]c(C(=O)C(=N)CC2CCN(c3nc(C)c(C(=O)O)s3)C[C@@H]2OC)nc1I. The quantitative estimate of drug-likeness (QED) is 0.264. The largest absolute Gasteiger partial charge is 0.477 e. The number of thiazole rings is 1. The number of rotatable bonds is 8. The lowest BCUT2D eigenvalue weighted by Crippen LogP contribution is -2.45. The van der Waals surface area contributed by atoms with Crippen molar-refractivity contribution in [2.75, 3.05) is 25.1 Å². The van der Waals surface area contributed by atoms with E-state index >= 15 is 0 Å². The molecular weight excluding hydrogens is 521 g/mol. The van der Waals surface area contributed by atoms with Crippen LogP contribution >= 0.6 is 33.9 Å². The molecule has 0 saturated carbocycles. The van der Waals surface area contributed by atoms with Crippen molar-refractivity contribution >= 4 is 56.5 Å². The Balaban J connectivity index is 1.66. The van der Waals surface area contributed by atoms with Gasteiger partial charge in [-0.1, -0.05) is 18.3 Å². The molecule has 2 aromatic rings. The maximum Gasteiger partial charge on any atom is 0.347 e. The fourth-order valence-electron chi connectivity index (χ4n) is 3.58. The summed E-state index contributed by atoms with van der Waals surface area (Å²) in [5, 5.41) is 18.2. The third kappa shape index (κ3) is 4.72. The number of aryl methyl sites for hydroxylation is 2. The standard InChI is InChI=1S/C19H24IN5O4S/c1-4-12-16(20)24-17(23-12)14(26)11(21)7-10-5-6-25(8-13(10)29-3)19-22-9(2)15(30-19)18(27)28/h10,13,21H,4-8H2,1-3H3,(H,23,24)(H,27,28)/t10?,13-/m0/s1. The number of nitrogens with one attached hydrogen (secondary N) is 2. The molecule has 0 radical (unpaired) electrons. The zero-order chi connectivity index (χ0) is 22.0. The van der Waals surface area contributed by atoms with Crippen LogP contribution in [0.1, 0.15) is 51.4 Å². The van der Waals surface area contributed by atoms with Gasteiger partial charge in [0, 0.05) is 25.9 Å². The molecule has 1 aliphatic heterocycles. The number of aromatic carboxylic acids is 1. The van der Waals surface area contributed by atoms with Gasteiger partial charge in [0.2, 0.25) is 5.78 Å². The van der Waals surface area contributed by atoms with Gasteiger partial charge in [-0.3, -0.25) is 4.79 Å². The second-order valence-electron chi connectivity index (χ2n) is 7.21. The zero-order valence-corrected chi connectivity index (χ0v) is 20.0. The molecule has 0 amide bonds. The Morgan fingerprint density at radius 3 is 2.73 bits per heavy atom. The Bertz CT molecular complexity index is 972. The molecule has 2 aromatic heterocycles. The number of carbonyl (C=O) groups is 2. The molecule has 0 aromatic carbocycles. The van der Waals surface area contributed by atoms with Crippen LogP contribution in [0.3, 0.4) is 0 Å². The molecule has 0 aliphatic carbocycles. The predicted molar refractivity (Wildman–Crippen MR) is 122 cm³/mol. The van der Waals surface area contributed by atoms with E-state index in [4.69, 9.17) is 10.1 Å². The summed E-state index contributed by atoms with van der Waals surface area (Å²) >= 11 is 3.25. The van der Waals surface area contributed by atoms with Crippen molar-refractivity contribution in [2.24, 2.45) is 5.92 Å². The number of imidazole rings is 1. The van der Waals surface area contributed by atoms with Gasteiger partial charge in [0.25, 0.3) is 0 Å². The summed E-state index contributed by atoms with van der Waals surface area (Å²) in [5.74, 6) is -1.12. The van der Waals surface area contributed by atoms with E-state index in [0.29, 0.717) is 36.8 Å². The molecule has 1 aliphatic rings. The predicted octanol–water partition coefficient (Wildman–Crippen LogP) is 3.17. The van der Waals surface area contributed by atoms with Crippen LogP contribution in [0.5, 0.6) is 0 Å².